The fraction of sp³-hybridized carbons (Fsp3) is 0.222. The highest BCUT2D eigenvalue weighted by atomic mass is 32.1. The Balaban J connectivity index is 2.23. The molecule has 2 aromatic rings. The van der Waals surface area contributed by atoms with Gasteiger partial charge in [-0.05, 0) is 11.4 Å². The Morgan fingerprint density at radius 1 is 1.54 bits per heavy atom. The molecule has 0 fully saturated rings. The van der Waals surface area contributed by atoms with Crippen LogP contribution in [0.5, 0.6) is 0 Å². The van der Waals surface area contributed by atoms with Gasteiger partial charge in [0.1, 0.15) is 12.0 Å². The van der Waals surface area contributed by atoms with E-state index in [-0.39, 0.29) is 0 Å². The average Bonchev–Trinajstić information content (AvgIpc) is 2.70. The molecule has 0 atom stereocenters. The van der Waals surface area contributed by atoms with Crippen LogP contribution in [0.2, 0.25) is 0 Å². The first kappa shape index (κ1) is 8.47. The van der Waals surface area contributed by atoms with Gasteiger partial charge in [0.25, 0.3) is 0 Å². The lowest BCUT2D eigenvalue weighted by molar-refractivity contribution is 0.496. The third kappa shape index (κ3) is 1.79. The molecule has 3 nitrogen and oxygen atoms in total. The highest BCUT2D eigenvalue weighted by Crippen LogP contribution is 2.23. The van der Waals surface area contributed by atoms with E-state index in [1.54, 1.807) is 17.6 Å². The molecular formula is C9H10N2OS. The number of thiophene rings is 1. The predicted molar refractivity (Wildman–Crippen MR) is 52.6 cm³/mol. The van der Waals surface area contributed by atoms with E-state index >= 15 is 0 Å². The second-order valence-electron chi connectivity index (χ2n) is 2.64. The molecule has 0 saturated carbocycles. The van der Waals surface area contributed by atoms with Gasteiger partial charge in [-0.2, -0.15) is 0 Å². The number of nitrogens with two attached hydrogens (primary N) is 1. The van der Waals surface area contributed by atoms with Gasteiger partial charge in [-0.3, -0.25) is 0 Å². The SMILES string of the molecule is NCCc1nc(-c2cccs2)co1. The summed E-state index contributed by atoms with van der Waals surface area (Å²) in [7, 11) is 0. The highest BCUT2D eigenvalue weighted by Gasteiger charge is 2.05. The minimum absolute atomic E-state index is 0.574. The van der Waals surface area contributed by atoms with E-state index in [0.717, 1.165) is 10.6 Å². The molecule has 68 valence electrons. The summed E-state index contributed by atoms with van der Waals surface area (Å²) in [4.78, 5) is 5.44. The summed E-state index contributed by atoms with van der Waals surface area (Å²) in [5.41, 5.74) is 6.29. The summed E-state index contributed by atoms with van der Waals surface area (Å²) < 4.78 is 5.24. The third-order valence-corrected chi connectivity index (χ3v) is 2.58. The molecule has 0 unspecified atom stereocenters. The number of hydrogen-bond donors (Lipinski definition) is 1. The zero-order valence-electron chi connectivity index (χ0n) is 7.06. The molecule has 0 aliphatic carbocycles. The zero-order chi connectivity index (χ0) is 9.10. The van der Waals surface area contributed by atoms with Crippen LogP contribution < -0.4 is 5.73 Å². The maximum absolute atomic E-state index is 5.39. The summed E-state index contributed by atoms with van der Waals surface area (Å²) in [6, 6.07) is 4.02. The van der Waals surface area contributed by atoms with Crippen LogP contribution in [0.15, 0.2) is 28.2 Å². The van der Waals surface area contributed by atoms with Crippen LogP contribution in [0.4, 0.5) is 0 Å². The standard InChI is InChI=1S/C9H10N2OS/c10-4-3-9-11-7(6-12-9)8-2-1-5-13-8/h1-2,5-6H,3-4,10H2. The van der Waals surface area contributed by atoms with Gasteiger partial charge >= 0.3 is 0 Å². The first-order valence-electron chi connectivity index (χ1n) is 4.08. The lowest BCUT2D eigenvalue weighted by atomic mass is 10.4. The minimum Gasteiger partial charge on any atom is -0.448 e. The second-order valence-corrected chi connectivity index (χ2v) is 3.59. The van der Waals surface area contributed by atoms with Gasteiger partial charge in [0, 0.05) is 13.0 Å². The molecule has 0 bridgehead atoms. The van der Waals surface area contributed by atoms with Gasteiger partial charge in [-0.25, -0.2) is 4.98 Å². The quantitative estimate of drug-likeness (QED) is 0.812. The normalized spacial score (nSPS) is 10.5. The molecule has 0 spiro atoms. The van der Waals surface area contributed by atoms with Crippen molar-refractivity contribution in [1.29, 1.82) is 0 Å². The van der Waals surface area contributed by atoms with E-state index in [0.29, 0.717) is 18.9 Å². The summed E-state index contributed by atoms with van der Waals surface area (Å²) in [6.07, 6.45) is 2.38. The topological polar surface area (TPSA) is 52.0 Å². The van der Waals surface area contributed by atoms with Crippen LogP contribution in [0.1, 0.15) is 5.89 Å². The average molecular weight is 194 g/mol. The van der Waals surface area contributed by atoms with Gasteiger partial charge in [-0.1, -0.05) is 6.07 Å². The molecular weight excluding hydrogens is 184 g/mol. The largest absolute Gasteiger partial charge is 0.448 e. The van der Waals surface area contributed by atoms with E-state index in [9.17, 15) is 0 Å². The van der Waals surface area contributed by atoms with Crippen LogP contribution >= 0.6 is 11.3 Å². The maximum Gasteiger partial charge on any atom is 0.195 e. The lowest BCUT2D eigenvalue weighted by Gasteiger charge is -1.87. The monoisotopic (exact) mass is 194 g/mol. The Bertz CT molecular complexity index is 367. The Morgan fingerprint density at radius 3 is 3.15 bits per heavy atom. The summed E-state index contributed by atoms with van der Waals surface area (Å²) in [6.45, 7) is 0.574. The number of hydrogen-bond acceptors (Lipinski definition) is 4. The molecule has 2 N–H and O–H groups in total. The number of nitrogens with zero attached hydrogens (tertiary/aromatic N) is 1. The van der Waals surface area contributed by atoms with Crippen molar-refractivity contribution in [2.45, 2.75) is 6.42 Å². The highest BCUT2D eigenvalue weighted by molar-refractivity contribution is 7.13. The zero-order valence-corrected chi connectivity index (χ0v) is 7.88. The van der Waals surface area contributed by atoms with E-state index in [2.05, 4.69) is 4.98 Å². The van der Waals surface area contributed by atoms with Crippen LogP contribution in [0.25, 0.3) is 10.6 Å². The van der Waals surface area contributed by atoms with E-state index < -0.39 is 0 Å². The summed E-state index contributed by atoms with van der Waals surface area (Å²) in [5, 5.41) is 2.02. The van der Waals surface area contributed by atoms with Gasteiger partial charge < -0.3 is 10.2 Å². The Hall–Kier alpha value is -1.13. The molecule has 2 rings (SSSR count). The molecule has 0 amide bonds. The molecule has 0 aromatic carbocycles. The number of oxazole rings is 1. The smallest absolute Gasteiger partial charge is 0.195 e. The van der Waals surface area contributed by atoms with Crippen molar-refractivity contribution >= 4 is 11.3 Å². The molecule has 4 heteroatoms. The molecule has 0 saturated heterocycles. The van der Waals surface area contributed by atoms with Gasteiger partial charge in [0.05, 0.1) is 4.88 Å². The van der Waals surface area contributed by atoms with Crippen molar-refractivity contribution < 1.29 is 4.42 Å². The maximum atomic E-state index is 5.39. The van der Waals surface area contributed by atoms with Crippen molar-refractivity contribution in [3.8, 4) is 10.6 Å². The van der Waals surface area contributed by atoms with Crippen LogP contribution in [-0.2, 0) is 6.42 Å². The minimum atomic E-state index is 0.574. The van der Waals surface area contributed by atoms with Crippen molar-refractivity contribution in [3.05, 3.63) is 29.7 Å². The molecule has 0 aliphatic rings. The number of aromatic nitrogens is 1. The van der Waals surface area contributed by atoms with Crippen molar-refractivity contribution in [1.82, 2.24) is 4.98 Å². The van der Waals surface area contributed by atoms with E-state index in [1.807, 2.05) is 17.5 Å². The van der Waals surface area contributed by atoms with E-state index in [1.165, 1.54) is 0 Å². The summed E-state index contributed by atoms with van der Waals surface area (Å²) in [5.74, 6) is 0.714. The number of rotatable bonds is 3. The van der Waals surface area contributed by atoms with Crippen molar-refractivity contribution in [2.24, 2.45) is 5.73 Å². The van der Waals surface area contributed by atoms with Crippen molar-refractivity contribution in [3.63, 3.8) is 0 Å². The molecule has 2 aromatic heterocycles. The summed E-state index contributed by atoms with van der Waals surface area (Å²) >= 11 is 1.65. The lowest BCUT2D eigenvalue weighted by Crippen LogP contribution is -2.02. The fourth-order valence-corrected chi connectivity index (χ4v) is 1.76. The van der Waals surface area contributed by atoms with Gasteiger partial charge in [0.2, 0.25) is 0 Å². The van der Waals surface area contributed by atoms with Gasteiger partial charge in [-0.15, -0.1) is 11.3 Å². The third-order valence-electron chi connectivity index (χ3n) is 1.68. The first-order valence-corrected chi connectivity index (χ1v) is 4.96. The first-order chi connectivity index (χ1) is 6.40. The second kappa shape index (κ2) is 3.72. The van der Waals surface area contributed by atoms with Crippen LogP contribution in [-0.4, -0.2) is 11.5 Å². The Kier molecular flexibility index (Phi) is 2.42. The molecule has 13 heavy (non-hydrogen) atoms. The molecule has 0 radical (unpaired) electrons. The Labute approximate surface area is 80.2 Å². The predicted octanol–water partition coefficient (Wildman–Crippen LogP) is 1.90. The Morgan fingerprint density at radius 2 is 2.46 bits per heavy atom. The van der Waals surface area contributed by atoms with E-state index in [4.69, 9.17) is 10.2 Å². The van der Waals surface area contributed by atoms with Crippen LogP contribution in [0, 0.1) is 0 Å². The molecule has 2 heterocycles. The van der Waals surface area contributed by atoms with Gasteiger partial charge in [0.15, 0.2) is 5.89 Å². The molecule has 0 aliphatic heterocycles. The van der Waals surface area contributed by atoms with Crippen LogP contribution in [0.3, 0.4) is 0 Å². The fourth-order valence-electron chi connectivity index (χ4n) is 1.09. The van der Waals surface area contributed by atoms with Crippen molar-refractivity contribution in [2.75, 3.05) is 6.54 Å².